The van der Waals surface area contributed by atoms with Gasteiger partial charge < -0.3 is 4.74 Å². The number of ketones is 1. The Balaban J connectivity index is 2.32. The normalized spacial score (nSPS) is 10.2. The number of carbonyl (C=O) groups is 1. The number of rotatable bonds is 6. The van der Waals surface area contributed by atoms with Crippen molar-refractivity contribution in [2.24, 2.45) is 0 Å². The van der Waals surface area contributed by atoms with Gasteiger partial charge in [0, 0.05) is 18.9 Å². The minimum absolute atomic E-state index is 0.0436. The number of carbonyl (C=O) groups excluding carboxylic acids is 1. The predicted octanol–water partition coefficient (Wildman–Crippen LogP) is 3.62. The Morgan fingerprint density at radius 1 is 1.50 bits per heavy atom. The molecule has 0 heterocycles. The molecule has 0 fully saturated rings. The van der Waals surface area contributed by atoms with Crippen molar-refractivity contribution in [3.63, 3.8) is 0 Å². The Morgan fingerprint density at radius 3 is 2.88 bits per heavy atom. The number of ether oxygens (including phenoxy) is 1. The van der Waals surface area contributed by atoms with E-state index >= 15 is 0 Å². The smallest absolute Gasteiger partial charge is 0.142 e. The third-order valence-electron chi connectivity index (χ3n) is 2.15. The van der Waals surface area contributed by atoms with Gasteiger partial charge in [0.1, 0.15) is 17.3 Å². The van der Waals surface area contributed by atoms with Gasteiger partial charge in [0.15, 0.2) is 0 Å². The first kappa shape index (κ1) is 13.0. The second-order valence-electron chi connectivity index (χ2n) is 3.42. The molecule has 88 valence electrons. The molecule has 0 saturated heterocycles. The van der Waals surface area contributed by atoms with Gasteiger partial charge in [-0.3, -0.25) is 4.79 Å². The van der Waals surface area contributed by atoms with Gasteiger partial charge in [-0.25, -0.2) is 4.39 Å². The maximum absolute atomic E-state index is 12.8. The molecule has 0 aliphatic carbocycles. The highest BCUT2D eigenvalue weighted by Crippen LogP contribution is 2.21. The molecular weight excluding hydrogens is 231 g/mol. The third kappa shape index (κ3) is 4.19. The van der Waals surface area contributed by atoms with Crippen molar-refractivity contribution >= 4 is 17.4 Å². The molecule has 0 aromatic heterocycles. The molecule has 0 aliphatic rings. The van der Waals surface area contributed by atoms with Gasteiger partial charge in [0.2, 0.25) is 0 Å². The van der Waals surface area contributed by atoms with E-state index in [9.17, 15) is 9.18 Å². The zero-order chi connectivity index (χ0) is 12.0. The van der Waals surface area contributed by atoms with Gasteiger partial charge in [-0.2, -0.15) is 0 Å². The van der Waals surface area contributed by atoms with Crippen LogP contribution in [0.1, 0.15) is 26.2 Å². The highest BCUT2D eigenvalue weighted by atomic mass is 35.5. The summed E-state index contributed by atoms with van der Waals surface area (Å²) in [6.45, 7) is 2.27. The van der Waals surface area contributed by atoms with Crippen molar-refractivity contribution in [2.45, 2.75) is 26.2 Å². The average molecular weight is 245 g/mol. The van der Waals surface area contributed by atoms with E-state index in [2.05, 4.69) is 0 Å². The molecule has 0 saturated carbocycles. The number of hydrogen-bond donors (Lipinski definition) is 0. The standard InChI is InChI=1S/C12H14ClFO2/c1-2-9(15)4-3-7-16-10-5-6-12(14)11(13)8-10/h5-6,8H,2-4,7H2,1H3. The van der Waals surface area contributed by atoms with Crippen molar-refractivity contribution in [1.29, 1.82) is 0 Å². The zero-order valence-corrected chi connectivity index (χ0v) is 9.89. The lowest BCUT2D eigenvalue weighted by atomic mass is 10.2. The molecule has 0 unspecified atom stereocenters. The Kier molecular flexibility index (Phi) is 5.26. The molecule has 1 rings (SSSR count). The molecule has 4 heteroatoms. The van der Waals surface area contributed by atoms with Gasteiger partial charge in [-0.15, -0.1) is 0 Å². The Labute approximate surface area is 99.4 Å². The molecule has 1 aromatic rings. The highest BCUT2D eigenvalue weighted by molar-refractivity contribution is 6.30. The Bertz CT molecular complexity index is 366. The minimum Gasteiger partial charge on any atom is -0.494 e. The largest absolute Gasteiger partial charge is 0.494 e. The van der Waals surface area contributed by atoms with E-state index < -0.39 is 5.82 Å². The van der Waals surface area contributed by atoms with E-state index in [0.29, 0.717) is 31.6 Å². The molecule has 0 radical (unpaired) electrons. The van der Waals surface area contributed by atoms with Crippen molar-refractivity contribution < 1.29 is 13.9 Å². The van der Waals surface area contributed by atoms with Crippen LogP contribution < -0.4 is 4.74 Å². The van der Waals surface area contributed by atoms with Crippen LogP contribution in [0.4, 0.5) is 4.39 Å². The quantitative estimate of drug-likeness (QED) is 0.715. The van der Waals surface area contributed by atoms with E-state index in [1.54, 1.807) is 0 Å². The van der Waals surface area contributed by atoms with Gasteiger partial charge in [0.25, 0.3) is 0 Å². The van der Waals surface area contributed by atoms with Crippen molar-refractivity contribution in [2.75, 3.05) is 6.61 Å². The van der Waals surface area contributed by atoms with E-state index in [-0.39, 0.29) is 10.8 Å². The lowest BCUT2D eigenvalue weighted by Gasteiger charge is -2.06. The summed E-state index contributed by atoms with van der Waals surface area (Å²) in [6, 6.07) is 4.20. The fourth-order valence-corrected chi connectivity index (χ4v) is 1.37. The summed E-state index contributed by atoms with van der Waals surface area (Å²) < 4.78 is 18.1. The van der Waals surface area contributed by atoms with Gasteiger partial charge in [0.05, 0.1) is 11.6 Å². The van der Waals surface area contributed by atoms with Crippen molar-refractivity contribution in [3.8, 4) is 5.75 Å². The maximum Gasteiger partial charge on any atom is 0.142 e. The molecule has 0 bridgehead atoms. The Hall–Kier alpha value is -1.09. The first-order valence-corrected chi connectivity index (χ1v) is 5.61. The number of benzene rings is 1. The number of hydrogen-bond acceptors (Lipinski definition) is 2. The first-order valence-electron chi connectivity index (χ1n) is 5.23. The predicted molar refractivity (Wildman–Crippen MR) is 61.4 cm³/mol. The summed E-state index contributed by atoms with van der Waals surface area (Å²) in [5.74, 6) is 0.284. The monoisotopic (exact) mass is 244 g/mol. The van der Waals surface area contributed by atoms with Crippen LogP contribution in [-0.4, -0.2) is 12.4 Å². The summed E-state index contributed by atoms with van der Waals surface area (Å²) in [6.07, 6.45) is 1.75. The van der Waals surface area contributed by atoms with E-state index in [1.807, 2.05) is 6.92 Å². The number of Topliss-reactive ketones (excluding diaryl/α,β-unsaturated/α-hetero) is 1. The van der Waals surface area contributed by atoms with Crippen LogP contribution in [-0.2, 0) is 4.79 Å². The fourth-order valence-electron chi connectivity index (χ4n) is 1.20. The fraction of sp³-hybridized carbons (Fsp3) is 0.417. The lowest BCUT2D eigenvalue weighted by molar-refractivity contribution is -0.118. The third-order valence-corrected chi connectivity index (χ3v) is 2.44. The SMILES string of the molecule is CCC(=O)CCCOc1ccc(F)c(Cl)c1. The van der Waals surface area contributed by atoms with Crippen LogP contribution >= 0.6 is 11.6 Å². The molecule has 16 heavy (non-hydrogen) atoms. The number of halogens is 2. The van der Waals surface area contributed by atoms with Crippen LogP contribution in [0.2, 0.25) is 5.02 Å². The molecule has 1 aromatic carbocycles. The molecule has 2 nitrogen and oxygen atoms in total. The summed E-state index contributed by atoms with van der Waals surface area (Å²) in [4.78, 5) is 11.0. The highest BCUT2D eigenvalue weighted by Gasteiger charge is 2.02. The molecule has 0 aliphatic heterocycles. The topological polar surface area (TPSA) is 26.3 Å². The summed E-state index contributed by atoms with van der Waals surface area (Å²) in [5.41, 5.74) is 0. The summed E-state index contributed by atoms with van der Waals surface area (Å²) in [7, 11) is 0. The van der Waals surface area contributed by atoms with E-state index in [4.69, 9.17) is 16.3 Å². The van der Waals surface area contributed by atoms with Gasteiger partial charge in [-0.1, -0.05) is 18.5 Å². The molecule has 0 amide bonds. The molecule has 0 spiro atoms. The maximum atomic E-state index is 12.8. The van der Waals surface area contributed by atoms with E-state index in [0.717, 1.165) is 0 Å². The summed E-state index contributed by atoms with van der Waals surface area (Å²) >= 11 is 5.59. The second kappa shape index (κ2) is 6.48. The van der Waals surface area contributed by atoms with Crippen LogP contribution in [0.5, 0.6) is 5.75 Å². The molecule has 0 atom stereocenters. The van der Waals surface area contributed by atoms with Crippen molar-refractivity contribution in [3.05, 3.63) is 29.0 Å². The average Bonchev–Trinajstić information content (AvgIpc) is 2.28. The minimum atomic E-state index is -0.463. The van der Waals surface area contributed by atoms with Crippen LogP contribution in [0.15, 0.2) is 18.2 Å². The molecule has 0 N–H and O–H groups in total. The zero-order valence-electron chi connectivity index (χ0n) is 9.13. The first-order chi connectivity index (χ1) is 7.63. The van der Waals surface area contributed by atoms with E-state index in [1.165, 1.54) is 18.2 Å². The van der Waals surface area contributed by atoms with Crippen LogP contribution in [0.3, 0.4) is 0 Å². The second-order valence-corrected chi connectivity index (χ2v) is 3.83. The van der Waals surface area contributed by atoms with Gasteiger partial charge >= 0.3 is 0 Å². The van der Waals surface area contributed by atoms with Crippen LogP contribution in [0, 0.1) is 5.82 Å². The molecular formula is C12H14ClFO2. The van der Waals surface area contributed by atoms with Crippen LogP contribution in [0.25, 0.3) is 0 Å². The Morgan fingerprint density at radius 2 is 2.25 bits per heavy atom. The lowest BCUT2D eigenvalue weighted by Crippen LogP contribution is -2.02. The summed E-state index contributed by atoms with van der Waals surface area (Å²) in [5, 5.41) is 0.0436. The van der Waals surface area contributed by atoms with Crippen molar-refractivity contribution in [1.82, 2.24) is 0 Å². The van der Waals surface area contributed by atoms with Gasteiger partial charge in [-0.05, 0) is 18.6 Å².